The fraction of sp³-hybridized carbons (Fsp3) is 0.519. The zero-order valence-electron chi connectivity index (χ0n) is 21.5. The first-order valence-electron chi connectivity index (χ1n) is 12.7. The molecule has 0 bridgehead atoms. The number of aliphatic hydroxyl groups excluding tert-OH is 2. The summed E-state index contributed by atoms with van der Waals surface area (Å²) in [5.74, 6) is -6.76. The first-order chi connectivity index (χ1) is 17.8. The normalized spacial score (nSPS) is 31.8. The first-order valence-corrected chi connectivity index (χ1v) is 13.1. The number of primary amides is 1. The number of rotatable bonds is 3. The van der Waals surface area contributed by atoms with Gasteiger partial charge in [-0.15, -0.1) is 0 Å². The fourth-order valence-corrected chi connectivity index (χ4v) is 7.37. The summed E-state index contributed by atoms with van der Waals surface area (Å²) in [7, 11) is 5.12. The lowest BCUT2D eigenvalue weighted by Gasteiger charge is -2.50. The van der Waals surface area contributed by atoms with E-state index in [-0.39, 0.29) is 35.8 Å². The van der Waals surface area contributed by atoms with Gasteiger partial charge in [-0.25, -0.2) is 0 Å². The Morgan fingerprint density at radius 3 is 2.50 bits per heavy atom. The number of hydrogen-bond acceptors (Lipinski definition) is 9. The van der Waals surface area contributed by atoms with E-state index >= 15 is 0 Å². The minimum absolute atomic E-state index is 0.00787. The Hall–Kier alpha value is -2.92. The number of hydrogen-bond donors (Lipinski definition) is 5. The van der Waals surface area contributed by atoms with E-state index in [1.54, 1.807) is 14.1 Å². The van der Waals surface area contributed by atoms with E-state index in [4.69, 9.17) is 17.3 Å². The van der Waals surface area contributed by atoms with Crippen LogP contribution in [0.5, 0.6) is 5.75 Å². The number of carbonyl (C=O) groups excluding carboxylic acids is 3. The maximum Gasteiger partial charge on any atom is 0.255 e. The Balaban J connectivity index is 1.69. The number of carbonyl (C=O) groups is 3. The van der Waals surface area contributed by atoms with Crippen LogP contribution in [-0.4, -0.2) is 87.0 Å². The SMILES string of the molecule is CN1CCCCC1c1cc(O)c2c(c1Cl)C[C@H]1C[C@H]3[C@H](N(C)C)C(=O)C(C(N)=O)=C(O)[C@@]3(O)C(=O)C1=C2O. The standard InChI is InChI=1S/C27H32ClN3O7/c1-30(2)21-14-9-11-8-13-18(16(32)10-12(20(13)28)15-6-4-5-7-31(15)3)22(33)17(11)24(35)27(14,38)25(36)19(23(21)34)26(29)37/h10-11,14-15,21,32-33,36,38H,4-9H2,1-3H3,(H2,29,37)/t11-,14-,15?,21-,27-/m0/s1. The van der Waals surface area contributed by atoms with Crippen molar-refractivity contribution in [3.63, 3.8) is 0 Å². The number of benzene rings is 1. The number of nitrogens with two attached hydrogens (primary N) is 1. The molecule has 1 saturated heterocycles. The zero-order chi connectivity index (χ0) is 27.8. The Labute approximate surface area is 225 Å². The molecule has 1 amide bonds. The first kappa shape index (κ1) is 26.7. The number of Topliss-reactive ketones (excluding diaryl/α,β-unsaturated/α-hetero) is 2. The fourth-order valence-electron chi connectivity index (χ4n) is 7.02. The predicted octanol–water partition coefficient (Wildman–Crippen LogP) is 1.77. The van der Waals surface area contributed by atoms with E-state index in [1.807, 2.05) is 7.05 Å². The second-order valence-corrected chi connectivity index (χ2v) is 11.5. The molecule has 0 radical (unpaired) electrons. The molecule has 3 aliphatic carbocycles. The summed E-state index contributed by atoms with van der Waals surface area (Å²) in [5.41, 5.74) is 2.91. The van der Waals surface area contributed by atoms with Gasteiger partial charge in [0, 0.05) is 22.6 Å². The molecule has 204 valence electrons. The van der Waals surface area contributed by atoms with Crippen LogP contribution in [0.2, 0.25) is 5.02 Å². The van der Waals surface area contributed by atoms with Crippen molar-refractivity contribution in [1.82, 2.24) is 9.80 Å². The van der Waals surface area contributed by atoms with Gasteiger partial charge in [-0.1, -0.05) is 18.0 Å². The number of ketones is 2. The highest BCUT2D eigenvalue weighted by Gasteiger charge is 2.64. The molecule has 4 aliphatic rings. The highest BCUT2D eigenvalue weighted by atomic mass is 35.5. The third-order valence-corrected chi connectivity index (χ3v) is 9.26. The number of fused-ring (bicyclic) bond motifs is 3. The van der Waals surface area contributed by atoms with Crippen LogP contribution in [0, 0.1) is 11.8 Å². The molecule has 5 atom stereocenters. The van der Waals surface area contributed by atoms with Gasteiger partial charge in [0.15, 0.2) is 11.4 Å². The molecule has 10 nitrogen and oxygen atoms in total. The molecular weight excluding hydrogens is 514 g/mol. The monoisotopic (exact) mass is 545 g/mol. The quantitative estimate of drug-likeness (QED) is 0.356. The Morgan fingerprint density at radius 1 is 1.21 bits per heavy atom. The summed E-state index contributed by atoms with van der Waals surface area (Å²) in [5, 5.41) is 45.3. The van der Waals surface area contributed by atoms with E-state index in [0.29, 0.717) is 10.6 Å². The molecule has 0 spiro atoms. The lowest BCUT2D eigenvalue weighted by molar-refractivity contribution is -0.153. The minimum atomic E-state index is -2.66. The summed E-state index contributed by atoms with van der Waals surface area (Å²) in [6, 6.07) is 0.374. The number of aliphatic hydroxyl groups is 3. The number of amides is 1. The van der Waals surface area contributed by atoms with Crippen molar-refractivity contribution in [2.24, 2.45) is 17.6 Å². The zero-order valence-corrected chi connectivity index (χ0v) is 22.2. The van der Waals surface area contributed by atoms with Crippen molar-refractivity contribution in [3.05, 3.63) is 44.7 Å². The minimum Gasteiger partial charge on any atom is -0.508 e. The number of phenols is 1. The number of likely N-dealkylation sites (N-methyl/N-ethyl adjacent to an activating group) is 1. The average molecular weight is 546 g/mol. The predicted molar refractivity (Wildman–Crippen MR) is 138 cm³/mol. The van der Waals surface area contributed by atoms with Gasteiger partial charge >= 0.3 is 0 Å². The third kappa shape index (κ3) is 3.54. The smallest absolute Gasteiger partial charge is 0.255 e. The van der Waals surface area contributed by atoms with Crippen molar-refractivity contribution in [3.8, 4) is 5.75 Å². The van der Waals surface area contributed by atoms with Crippen LogP contribution in [0.1, 0.15) is 48.4 Å². The van der Waals surface area contributed by atoms with Crippen LogP contribution >= 0.6 is 11.6 Å². The summed E-state index contributed by atoms with van der Waals surface area (Å²) >= 11 is 6.91. The van der Waals surface area contributed by atoms with Gasteiger partial charge in [0.1, 0.15) is 22.8 Å². The molecule has 6 N–H and O–H groups in total. The van der Waals surface area contributed by atoms with Crippen LogP contribution in [0.25, 0.3) is 5.76 Å². The van der Waals surface area contributed by atoms with Crippen LogP contribution in [0.3, 0.4) is 0 Å². The molecule has 1 saturated carbocycles. The molecule has 38 heavy (non-hydrogen) atoms. The Bertz CT molecular complexity index is 1340. The molecular formula is C27H32ClN3O7. The molecule has 1 unspecified atom stereocenters. The van der Waals surface area contributed by atoms with Crippen molar-refractivity contribution in [2.75, 3.05) is 27.7 Å². The van der Waals surface area contributed by atoms with Crippen molar-refractivity contribution < 1.29 is 34.8 Å². The van der Waals surface area contributed by atoms with Gasteiger partial charge in [0.25, 0.3) is 5.91 Å². The number of likely N-dealkylation sites (tertiary alicyclic amines) is 1. The maximum atomic E-state index is 13.9. The number of aromatic hydroxyl groups is 1. The molecule has 1 aromatic rings. The van der Waals surface area contributed by atoms with E-state index in [1.165, 1.54) is 11.0 Å². The van der Waals surface area contributed by atoms with Crippen LogP contribution in [-0.2, 0) is 20.8 Å². The van der Waals surface area contributed by atoms with Gasteiger partial charge in [-0.05, 0) is 76.5 Å². The van der Waals surface area contributed by atoms with Crippen LogP contribution in [0.4, 0.5) is 0 Å². The molecule has 1 aliphatic heterocycles. The maximum absolute atomic E-state index is 13.9. The molecule has 0 aromatic heterocycles. The van der Waals surface area contributed by atoms with Crippen LogP contribution < -0.4 is 5.73 Å². The third-order valence-electron chi connectivity index (χ3n) is 8.81. The summed E-state index contributed by atoms with van der Waals surface area (Å²) in [6.07, 6.45) is 3.13. The summed E-state index contributed by atoms with van der Waals surface area (Å²) in [4.78, 5) is 42.8. The van der Waals surface area contributed by atoms with E-state index in [0.717, 1.165) is 31.4 Å². The van der Waals surface area contributed by atoms with E-state index < -0.39 is 58.0 Å². The number of nitrogens with zero attached hydrogens (tertiary/aromatic N) is 2. The lowest BCUT2D eigenvalue weighted by Crippen LogP contribution is -2.65. The second-order valence-electron chi connectivity index (χ2n) is 11.1. The number of halogens is 1. The van der Waals surface area contributed by atoms with E-state index in [9.17, 15) is 34.8 Å². The Morgan fingerprint density at radius 2 is 1.89 bits per heavy atom. The van der Waals surface area contributed by atoms with Gasteiger partial charge in [0.05, 0.1) is 11.6 Å². The van der Waals surface area contributed by atoms with Crippen molar-refractivity contribution >= 4 is 34.8 Å². The summed E-state index contributed by atoms with van der Waals surface area (Å²) in [6.45, 7) is 0.885. The lowest BCUT2D eigenvalue weighted by atomic mass is 9.57. The van der Waals surface area contributed by atoms with Crippen LogP contribution in [0.15, 0.2) is 23.0 Å². The molecule has 2 fully saturated rings. The van der Waals surface area contributed by atoms with Gasteiger partial charge < -0.3 is 26.2 Å². The topological polar surface area (TPSA) is 165 Å². The second kappa shape index (κ2) is 9.08. The van der Waals surface area contributed by atoms with Crippen molar-refractivity contribution in [1.29, 1.82) is 0 Å². The van der Waals surface area contributed by atoms with Crippen molar-refractivity contribution in [2.45, 2.75) is 49.8 Å². The number of piperidine rings is 1. The molecule has 1 aromatic carbocycles. The highest BCUT2D eigenvalue weighted by molar-refractivity contribution is 6.33. The van der Waals surface area contributed by atoms with Gasteiger partial charge in [-0.2, -0.15) is 0 Å². The van der Waals surface area contributed by atoms with Gasteiger partial charge in [-0.3, -0.25) is 24.2 Å². The molecule has 1 heterocycles. The molecule has 11 heteroatoms. The molecule has 5 rings (SSSR count). The number of phenolic OH excluding ortho intramolecular Hbond substituents is 1. The summed E-state index contributed by atoms with van der Waals surface area (Å²) < 4.78 is 0. The van der Waals surface area contributed by atoms with Gasteiger partial charge in [0.2, 0.25) is 5.78 Å². The average Bonchev–Trinajstić information content (AvgIpc) is 2.83. The Kier molecular flexibility index (Phi) is 6.38. The van der Waals surface area contributed by atoms with E-state index in [2.05, 4.69) is 4.90 Å². The highest BCUT2D eigenvalue weighted by Crippen LogP contribution is 2.54. The largest absolute Gasteiger partial charge is 0.508 e.